The third-order valence-electron chi connectivity index (χ3n) is 5.63. The summed E-state index contributed by atoms with van der Waals surface area (Å²) in [7, 11) is 1.49. The van der Waals surface area contributed by atoms with E-state index in [0.29, 0.717) is 27.0 Å². The molecule has 34 heavy (non-hydrogen) atoms. The Bertz CT molecular complexity index is 1360. The summed E-state index contributed by atoms with van der Waals surface area (Å²) in [5.74, 6) is -3.31. The fourth-order valence-electron chi connectivity index (χ4n) is 4.23. The number of anilines is 2. The minimum Gasteiger partial charge on any atom is -0.494 e. The molecule has 0 amide bonds. The molecule has 9 nitrogen and oxygen atoms in total. The number of para-hydroxylation sites is 1. The van der Waals surface area contributed by atoms with Crippen LogP contribution >= 0.6 is 0 Å². The van der Waals surface area contributed by atoms with Gasteiger partial charge in [-0.2, -0.15) is 22.8 Å². The first-order chi connectivity index (χ1) is 16.0. The van der Waals surface area contributed by atoms with Crippen molar-refractivity contribution in [3.8, 4) is 5.75 Å². The molecular weight excluding hydrogens is 463 g/mol. The highest BCUT2D eigenvalue weighted by Gasteiger charge is 2.43. The van der Waals surface area contributed by atoms with Crippen molar-refractivity contribution in [2.75, 3.05) is 30.8 Å². The highest BCUT2D eigenvalue weighted by Crippen LogP contribution is 2.38. The Labute approximate surface area is 188 Å². The fraction of sp³-hybridized carbons (Fsp3) is 0.400. The molecule has 0 spiro atoms. The van der Waals surface area contributed by atoms with Gasteiger partial charge in [0, 0.05) is 30.5 Å². The van der Waals surface area contributed by atoms with Crippen molar-refractivity contribution in [3.63, 3.8) is 0 Å². The number of alkyl halides is 5. The molecule has 0 radical (unpaired) electrons. The molecule has 0 aliphatic carbocycles. The molecule has 5 rings (SSSR count). The minimum atomic E-state index is -4.47. The average Bonchev–Trinajstić information content (AvgIpc) is 3.39. The molecule has 1 saturated heterocycles. The Morgan fingerprint density at radius 3 is 2.76 bits per heavy atom. The van der Waals surface area contributed by atoms with Gasteiger partial charge in [0.2, 0.25) is 5.95 Å². The summed E-state index contributed by atoms with van der Waals surface area (Å²) in [6.45, 7) is -1.89. The van der Waals surface area contributed by atoms with Gasteiger partial charge in [0.15, 0.2) is 11.5 Å². The van der Waals surface area contributed by atoms with Crippen LogP contribution < -0.4 is 15.4 Å². The summed E-state index contributed by atoms with van der Waals surface area (Å²) in [5, 5.41) is 8.58. The summed E-state index contributed by atoms with van der Waals surface area (Å²) in [5.41, 5.74) is 7.01. The van der Waals surface area contributed by atoms with Crippen LogP contribution in [-0.2, 0) is 6.54 Å². The lowest BCUT2D eigenvalue weighted by Crippen LogP contribution is -2.46. The number of rotatable bonds is 4. The van der Waals surface area contributed by atoms with Crippen LogP contribution in [0.1, 0.15) is 18.2 Å². The molecule has 0 bridgehead atoms. The molecule has 0 saturated carbocycles. The first-order valence-corrected chi connectivity index (χ1v) is 10.2. The van der Waals surface area contributed by atoms with Gasteiger partial charge in [0.25, 0.3) is 5.92 Å². The molecule has 3 aromatic heterocycles. The van der Waals surface area contributed by atoms with E-state index in [2.05, 4.69) is 20.2 Å². The van der Waals surface area contributed by atoms with Crippen LogP contribution in [0, 0.1) is 0 Å². The van der Waals surface area contributed by atoms with E-state index >= 15 is 0 Å². The molecule has 2 N–H and O–H groups in total. The van der Waals surface area contributed by atoms with E-state index in [0.717, 1.165) is 12.4 Å². The van der Waals surface area contributed by atoms with Crippen molar-refractivity contribution in [1.29, 1.82) is 0 Å². The van der Waals surface area contributed by atoms with E-state index in [1.807, 2.05) is 0 Å². The van der Waals surface area contributed by atoms with E-state index < -0.39 is 37.5 Å². The van der Waals surface area contributed by atoms with Crippen molar-refractivity contribution < 1.29 is 26.7 Å². The lowest BCUT2D eigenvalue weighted by atomic mass is 9.94. The van der Waals surface area contributed by atoms with Crippen molar-refractivity contribution >= 4 is 28.2 Å². The number of hydrogen-bond donors (Lipinski definition) is 1. The SMILES string of the molecule is COc1cccc2c1nc(N)n1nc([C@H]3CN(c4cnn(CC(F)(F)F)c4)CC(F)(F)C3)nc21. The van der Waals surface area contributed by atoms with Gasteiger partial charge in [-0.3, -0.25) is 4.68 Å². The Hall–Kier alpha value is -3.71. The van der Waals surface area contributed by atoms with Crippen LogP contribution in [0.2, 0.25) is 0 Å². The first kappa shape index (κ1) is 22.1. The standard InChI is InChI=1S/C20H19F5N8O/c1-34-14-4-2-3-13-15(14)28-18(26)33-17(13)29-16(30-33)11-5-19(21,22)9-31(7-11)12-6-27-32(8-12)10-20(23,24)25/h2-4,6,8,11H,5,7,9-10H2,1H3,(H2,26,28)/t11-/m1/s1. The van der Waals surface area contributed by atoms with E-state index in [4.69, 9.17) is 10.5 Å². The van der Waals surface area contributed by atoms with Gasteiger partial charge in [-0.15, -0.1) is 5.10 Å². The largest absolute Gasteiger partial charge is 0.494 e. The smallest absolute Gasteiger partial charge is 0.408 e. The van der Waals surface area contributed by atoms with Crippen LogP contribution in [0.15, 0.2) is 30.6 Å². The molecule has 1 aromatic carbocycles. The number of aromatic nitrogens is 6. The second-order valence-corrected chi connectivity index (χ2v) is 8.18. The van der Waals surface area contributed by atoms with Crippen molar-refractivity contribution in [2.24, 2.45) is 0 Å². The Kier molecular flexibility index (Phi) is 4.98. The summed E-state index contributed by atoms with van der Waals surface area (Å²) in [4.78, 5) is 10.1. The number of nitrogen functional groups attached to an aromatic ring is 1. The second-order valence-electron chi connectivity index (χ2n) is 8.18. The van der Waals surface area contributed by atoms with E-state index in [1.54, 1.807) is 18.2 Å². The summed E-state index contributed by atoms with van der Waals surface area (Å²) in [6.07, 6.45) is -2.75. The van der Waals surface area contributed by atoms with Crippen LogP contribution in [-0.4, -0.2) is 61.7 Å². The predicted octanol–water partition coefficient (Wildman–Crippen LogP) is 3.26. The zero-order valence-corrected chi connectivity index (χ0v) is 17.8. The van der Waals surface area contributed by atoms with Gasteiger partial charge < -0.3 is 15.4 Å². The number of fused-ring (bicyclic) bond motifs is 3. The maximum atomic E-state index is 14.7. The highest BCUT2D eigenvalue weighted by atomic mass is 19.4. The fourth-order valence-corrected chi connectivity index (χ4v) is 4.23. The highest BCUT2D eigenvalue weighted by molar-refractivity contribution is 5.95. The zero-order valence-electron chi connectivity index (χ0n) is 17.8. The molecule has 1 atom stereocenters. The number of nitrogens with two attached hydrogens (primary N) is 1. The molecule has 180 valence electrons. The quantitative estimate of drug-likeness (QED) is 0.446. The number of hydrogen-bond acceptors (Lipinski definition) is 7. The lowest BCUT2D eigenvalue weighted by molar-refractivity contribution is -0.142. The van der Waals surface area contributed by atoms with Crippen LogP contribution in [0.3, 0.4) is 0 Å². The lowest BCUT2D eigenvalue weighted by Gasteiger charge is -2.37. The van der Waals surface area contributed by atoms with Gasteiger partial charge in [0.1, 0.15) is 17.8 Å². The summed E-state index contributed by atoms with van der Waals surface area (Å²) < 4.78 is 74.6. The van der Waals surface area contributed by atoms with Crippen molar-refractivity contribution in [1.82, 2.24) is 29.4 Å². The molecule has 4 aromatic rings. The maximum Gasteiger partial charge on any atom is 0.408 e. The predicted molar refractivity (Wildman–Crippen MR) is 112 cm³/mol. The van der Waals surface area contributed by atoms with Gasteiger partial charge in [-0.25, -0.2) is 18.7 Å². The number of ether oxygens (including phenoxy) is 1. The van der Waals surface area contributed by atoms with Crippen LogP contribution in [0.5, 0.6) is 5.75 Å². The van der Waals surface area contributed by atoms with Gasteiger partial charge >= 0.3 is 6.18 Å². The topological polar surface area (TPSA) is 99.4 Å². The average molecular weight is 482 g/mol. The number of halogens is 5. The monoisotopic (exact) mass is 482 g/mol. The molecule has 1 fully saturated rings. The maximum absolute atomic E-state index is 14.7. The number of piperidine rings is 1. The Morgan fingerprint density at radius 2 is 2.03 bits per heavy atom. The zero-order chi connectivity index (χ0) is 24.3. The molecule has 14 heteroatoms. The number of benzene rings is 1. The summed E-state index contributed by atoms with van der Waals surface area (Å²) >= 11 is 0. The van der Waals surface area contributed by atoms with E-state index in [1.165, 1.54) is 16.5 Å². The number of nitrogens with zero attached hydrogens (tertiary/aromatic N) is 7. The van der Waals surface area contributed by atoms with Gasteiger partial charge in [-0.05, 0) is 12.1 Å². The molecule has 0 unspecified atom stereocenters. The number of methoxy groups -OCH3 is 1. The van der Waals surface area contributed by atoms with Crippen LogP contribution in [0.25, 0.3) is 16.6 Å². The molecule has 4 heterocycles. The van der Waals surface area contributed by atoms with Crippen molar-refractivity contribution in [3.05, 3.63) is 36.4 Å². The normalized spacial score (nSPS) is 18.6. The Morgan fingerprint density at radius 1 is 1.24 bits per heavy atom. The minimum absolute atomic E-state index is 0.0126. The first-order valence-electron chi connectivity index (χ1n) is 10.2. The second kappa shape index (κ2) is 7.67. The molecular formula is C20H19F5N8O. The Balaban J connectivity index is 1.51. The van der Waals surface area contributed by atoms with Gasteiger partial charge in [-0.1, -0.05) is 6.07 Å². The summed E-state index contributed by atoms with van der Waals surface area (Å²) in [6, 6.07) is 5.19. The van der Waals surface area contributed by atoms with Crippen molar-refractivity contribution in [2.45, 2.75) is 31.0 Å². The molecule has 1 aliphatic rings. The third-order valence-corrected chi connectivity index (χ3v) is 5.63. The third kappa shape index (κ3) is 4.03. The van der Waals surface area contributed by atoms with E-state index in [-0.39, 0.29) is 24.0 Å². The van der Waals surface area contributed by atoms with Gasteiger partial charge in [0.05, 0.1) is 25.5 Å². The van der Waals surface area contributed by atoms with E-state index in [9.17, 15) is 22.0 Å². The molecule has 1 aliphatic heterocycles. The van der Waals surface area contributed by atoms with Crippen LogP contribution in [0.4, 0.5) is 33.6 Å².